The summed E-state index contributed by atoms with van der Waals surface area (Å²) in [5, 5.41) is 0.664. The largest absolute Gasteiger partial charge is 0.338 e. The Balaban J connectivity index is 1.93. The Labute approximate surface area is 134 Å². The molecule has 0 aliphatic carbocycles. The average Bonchev–Trinajstić information content (AvgIpc) is 2.79. The van der Waals surface area contributed by atoms with Crippen molar-refractivity contribution in [3.63, 3.8) is 0 Å². The molecule has 7 heteroatoms. The zero-order valence-electron chi connectivity index (χ0n) is 11.8. The number of carbonyl (C=O) groups is 1. The van der Waals surface area contributed by atoms with E-state index < -0.39 is 9.84 Å². The summed E-state index contributed by atoms with van der Waals surface area (Å²) in [6, 6.07) is 7.15. The van der Waals surface area contributed by atoms with Crippen LogP contribution in [-0.4, -0.2) is 49.1 Å². The van der Waals surface area contributed by atoms with E-state index in [0.29, 0.717) is 23.7 Å². The topological polar surface area (TPSA) is 54.5 Å². The van der Waals surface area contributed by atoms with Crippen LogP contribution in [0.15, 0.2) is 29.2 Å². The van der Waals surface area contributed by atoms with Gasteiger partial charge in [-0.2, -0.15) is 0 Å². The molecule has 0 spiro atoms. The number of halogens is 1. The van der Waals surface area contributed by atoms with Crippen molar-refractivity contribution in [2.45, 2.75) is 24.3 Å². The summed E-state index contributed by atoms with van der Waals surface area (Å²) in [5.41, 5.74) is 0. The van der Waals surface area contributed by atoms with Crippen molar-refractivity contribution in [2.24, 2.45) is 0 Å². The standard InChI is InChI=1S/C14H18ClNO3S2/c1-2-16(12-7-8-21(18,19)10-12)14(17)9-20-13-5-3-11(15)4-6-13/h3-6,12H,2,7-10H2,1H3. The van der Waals surface area contributed by atoms with E-state index in [1.165, 1.54) is 11.8 Å². The van der Waals surface area contributed by atoms with Crippen LogP contribution < -0.4 is 0 Å². The molecule has 1 amide bonds. The van der Waals surface area contributed by atoms with Gasteiger partial charge in [-0.3, -0.25) is 4.79 Å². The minimum absolute atomic E-state index is 0.0143. The van der Waals surface area contributed by atoms with Crippen molar-refractivity contribution in [3.05, 3.63) is 29.3 Å². The summed E-state index contributed by atoms with van der Waals surface area (Å²) in [6.07, 6.45) is 0.549. The van der Waals surface area contributed by atoms with Crippen LogP contribution in [0, 0.1) is 0 Å². The van der Waals surface area contributed by atoms with Crippen molar-refractivity contribution in [2.75, 3.05) is 23.8 Å². The second-order valence-electron chi connectivity index (χ2n) is 4.98. The Bertz CT molecular complexity index is 601. The average molecular weight is 348 g/mol. The number of sulfone groups is 1. The minimum Gasteiger partial charge on any atom is -0.338 e. The predicted octanol–water partition coefficient (Wildman–Crippen LogP) is 2.47. The smallest absolute Gasteiger partial charge is 0.233 e. The summed E-state index contributed by atoms with van der Waals surface area (Å²) in [7, 11) is -2.97. The molecular formula is C14H18ClNO3S2. The van der Waals surface area contributed by atoms with E-state index in [0.717, 1.165) is 4.90 Å². The maximum absolute atomic E-state index is 12.3. The summed E-state index contributed by atoms with van der Waals surface area (Å²) in [4.78, 5) is 15.0. The van der Waals surface area contributed by atoms with Gasteiger partial charge in [0, 0.05) is 22.5 Å². The fourth-order valence-corrected chi connectivity index (χ4v) is 5.06. The van der Waals surface area contributed by atoms with Crippen molar-refractivity contribution < 1.29 is 13.2 Å². The van der Waals surface area contributed by atoms with E-state index in [4.69, 9.17) is 11.6 Å². The molecule has 1 fully saturated rings. The van der Waals surface area contributed by atoms with Crippen LogP contribution in [0.2, 0.25) is 5.02 Å². The highest BCUT2D eigenvalue weighted by Gasteiger charge is 2.33. The lowest BCUT2D eigenvalue weighted by atomic mass is 10.2. The molecule has 1 saturated heterocycles. The maximum atomic E-state index is 12.3. The lowest BCUT2D eigenvalue weighted by Crippen LogP contribution is -2.41. The van der Waals surface area contributed by atoms with Gasteiger partial charge in [0.1, 0.15) is 0 Å². The van der Waals surface area contributed by atoms with Crippen LogP contribution in [-0.2, 0) is 14.6 Å². The summed E-state index contributed by atoms with van der Waals surface area (Å²) in [5.74, 6) is 0.579. The van der Waals surface area contributed by atoms with Gasteiger partial charge in [0.2, 0.25) is 5.91 Å². The number of carbonyl (C=O) groups excluding carboxylic acids is 1. The van der Waals surface area contributed by atoms with Gasteiger partial charge in [-0.15, -0.1) is 11.8 Å². The van der Waals surface area contributed by atoms with Crippen LogP contribution in [0.3, 0.4) is 0 Å². The lowest BCUT2D eigenvalue weighted by Gasteiger charge is -2.26. The van der Waals surface area contributed by atoms with Crippen LogP contribution in [0.25, 0.3) is 0 Å². The quantitative estimate of drug-likeness (QED) is 0.768. The van der Waals surface area contributed by atoms with Crippen molar-refractivity contribution in [3.8, 4) is 0 Å². The van der Waals surface area contributed by atoms with Gasteiger partial charge < -0.3 is 4.90 Å². The number of thioether (sulfide) groups is 1. The summed E-state index contributed by atoms with van der Waals surface area (Å²) < 4.78 is 23.1. The van der Waals surface area contributed by atoms with Crippen molar-refractivity contribution in [1.29, 1.82) is 0 Å². The van der Waals surface area contributed by atoms with Crippen LogP contribution in [0.1, 0.15) is 13.3 Å². The van der Waals surface area contributed by atoms with Gasteiger partial charge in [0.25, 0.3) is 0 Å². The molecule has 21 heavy (non-hydrogen) atoms. The number of rotatable bonds is 5. The zero-order chi connectivity index (χ0) is 15.5. The normalized spacial score (nSPS) is 20.4. The highest BCUT2D eigenvalue weighted by molar-refractivity contribution is 8.00. The minimum atomic E-state index is -2.97. The van der Waals surface area contributed by atoms with Crippen molar-refractivity contribution in [1.82, 2.24) is 4.90 Å². The zero-order valence-corrected chi connectivity index (χ0v) is 14.2. The highest BCUT2D eigenvalue weighted by atomic mass is 35.5. The number of hydrogen-bond donors (Lipinski definition) is 0. The molecule has 1 unspecified atom stereocenters. The first-order chi connectivity index (χ1) is 9.91. The third kappa shape index (κ3) is 4.63. The van der Waals surface area contributed by atoms with E-state index >= 15 is 0 Å². The molecule has 0 bridgehead atoms. The second-order valence-corrected chi connectivity index (χ2v) is 8.69. The highest BCUT2D eigenvalue weighted by Crippen LogP contribution is 2.23. The molecule has 0 saturated carbocycles. The molecule has 4 nitrogen and oxygen atoms in total. The van der Waals surface area contributed by atoms with Crippen molar-refractivity contribution >= 4 is 39.1 Å². The summed E-state index contributed by atoms with van der Waals surface area (Å²) >= 11 is 7.26. The third-order valence-corrected chi connectivity index (χ3v) is 6.49. The van der Waals surface area contributed by atoms with E-state index in [2.05, 4.69) is 0 Å². The predicted molar refractivity (Wildman–Crippen MR) is 86.6 cm³/mol. The molecule has 1 aliphatic rings. The number of hydrogen-bond acceptors (Lipinski definition) is 4. The first-order valence-electron chi connectivity index (χ1n) is 6.79. The number of nitrogens with zero attached hydrogens (tertiary/aromatic N) is 1. The molecule has 0 N–H and O–H groups in total. The first kappa shape index (κ1) is 16.6. The molecule has 0 aromatic heterocycles. The van der Waals surface area contributed by atoms with Crippen LogP contribution in [0.4, 0.5) is 0 Å². The number of amides is 1. The van der Waals surface area contributed by atoms with Gasteiger partial charge in [0.15, 0.2) is 9.84 Å². The number of benzene rings is 1. The Morgan fingerprint density at radius 3 is 2.57 bits per heavy atom. The fourth-order valence-electron chi connectivity index (χ4n) is 2.42. The first-order valence-corrected chi connectivity index (χ1v) is 9.98. The Hall–Kier alpha value is -0.720. The second kappa shape index (κ2) is 7.03. The molecule has 1 aromatic rings. The van der Waals surface area contributed by atoms with E-state index in [1.807, 2.05) is 19.1 Å². The molecule has 1 atom stereocenters. The molecular weight excluding hydrogens is 330 g/mol. The third-order valence-electron chi connectivity index (χ3n) is 3.49. The SMILES string of the molecule is CCN(C(=O)CSc1ccc(Cl)cc1)C1CCS(=O)(=O)C1. The molecule has 2 rings (SSSR count). The van der Waals surface area contributed by atoms with Gasteiger partial charge in [-0.25, -0.2) is 8.42 Å². The maximum Gasteiger partial charge on any atom is 0.233 e. The van der Waals surface area contributed by atoms with E-state index in [-0.39, 0.29) is 23.5 Å². The van der Waals surface area contributed by atoms with Gasteiger partial charge in [-0.1, -0.05) is 11.6 Å². The molecule has 1 aliphatic heterocycles. The van der Waals surface area contributed by atoms with E-state index in [1.54, 1.807) is 17.0 Å². The molecule has 1 heterocycles. The molecule has 0 radical (unpaired) electrons. The summed E-state index contributed by atoms with van der Waals surface area (Å²) in [6.45, 7) is 2.43. The fraction of sp³-hybridized carbons (Fsp3) is 0.500. The Morgan fingerprint density at radius 1 is 1.38 bits per heavy atom. The van der Waals surface area contributed by atoms with E-state index in [9.17, 15) is 13.2 Å². The van der Waals surface area contributed by atoms with Gasteiger partial charge in [0.05, 0.1) is 17.3 Å². The Kier molecular flexibility index (Phi) is 5.57. The Morgan fingerprint density at radius 2 is 2.05 bits per heavy atom. The van der Waals surface area contributed by atoms with Gasteiger partial charge >= 0.3 is 0 Å². The molecule has 116 valence electrons. The lowest BCUT2D eigenvalue weighted by molar-refractivity contribution is -0.129. The van der Waals surface area contributed by atoms with Crippen LogP contribution >= 0.6 is 23.4 Å². The molecule has 1 aromatic carbocycles. The monoisotopic (exact) mass is 347 g/mol. The van der Waals surface area contributed by atoms with Gasteiger partial charge in [-0.05, 0) is 37.6 Å². The van der Waals surface area contributed by atoms with Crippen LogP contribution in [0.5, 0.6) is 0 Å².